The van der Waals surface area contributed by atoms with Crippen LogP contribution >= 0.6 is 0 Å². The van der Waals surface area contributed by atoms with Crippen LogP contribution in [0.1, 0.15) is 29.4 Å². The Bertz CT molecular complexity index is 921. The van der Waals surface area contributed by atoms with Crippen molar-refractivity contribution < 1.29 is 17.6 Å². The fraction of sp³-hybridized carbons (Fsp3) is 0.412. The van der Waals surface area contributed by atoms with E-state index in [1.807, 2.05) is 6.92 Å². The lowest BCUT2D eigenvalue weighted by Crippen LogP contribution is -2.16. The Hall–Kier alpha value is -2.22. The van der Waals surface area contributed by atoms with E-state index in [0.29, 0.717) is 17.8 Å². The summed E-state index contributed by atoms with van der Waals surface area (Å²) >= 11 is 0. The number of hydrogen-bond acceptors (Lipinski definition) is 4. The van der Waals surface area contributed by atoms with E-state index in [-0.39, 0.29) is 29.9 Å². The fourth-order valence-corrected chi connectivity index (χ4v) is 4.90. The Morgan fingerprint density at radius 1 is 1.40 bits per heavy atom. The van der Waals surface area contributed by atoms with Crippen LogP contribution in [0.25, 0.3) is 0 Å². The molecule has 1 aliphatic rings. The summed E-state index contributed by atoms with van der Waals surface area (Å²) in [7, 11) is -3.01. The molecule has 1 unspecified atom stereocenters. The Kier molecular flexibility index (Phi) is 4.64. The first-order chi connectivity index (χ1) is 11.7. The van der Waals surface area contributed by atoms with Crippen LogP contribution in [-0.4, -0.2) is 35.6 Å². The van der Waals surface area contributed by atoms with Crippen LogP contribution in [0.5, 0.6) is 0 Å². The maximum atomic E-state index is 13.2. The predicted molar refractivity (Wildman–Crippen MR) is 92.7 cm³/mol. The number of hydrogen-bond donors (Lipinski definition) is 1. The number of anilines is 1. The third-order valence-corrected chi connectivity index (χ3v) is 6.23. The fourth-order valence-electron chi connectivity index (χ4n) is 3.21. The number of nitrogens with one attached hydrogen (secondary N) is 1. The smallest absolute Gasteiger partial charge is 0.228 e. The van der Waals surface area contributed by atoms with Gasteiger partial charge in [0.25, 0.3) is 0 Å². The number of nitrogens with zero attached hydrogens (tertiary/aromatic N) is 2. The van der Waals surface area contributed by atoms with Gasteiger partial charge in [-0.1, -0.05) is 6.07 Å². The average Bonchev–Trinajstić information content (AvgIpc) is 3.01. The molecular formula is C17H20FN3O3S. The third kappa shape index (κ3) is 3.89. The first-order valence-corrected chi connectivity index (χ1v) is 9.88. The molecule has 1 atom stereocenters. The summed E-state index contributed by atoms with van der Waals surface area (Å²) in [6.45, 7) is 3.65. The monoisotopic (exact) mass is 365 g/mol. The van der Waals surface area contributed by atoms with Crippen molar-refractivity contribution in [3.8, 4) is 0 Å². The van der Waals surface area contributed by atoms with Crippen molar-refractivity contribution >= 4 is 21.4 Å². The molecule has 1 aromatic heterocycles. The summed E-state index contributed by atoms with van der Waals surface area (Å²) in [6, 6.07) is 5.53. The van der Waals surface area contributed by atoms with Gasteiger partial charge in [-0.25, -0.2) is 12.8 Å². The Morgan fingerprint density at radius 2 is 2.16 bits per heavy atom. The van der Waals surface area contributed by atoms with E-state index < -0.39 is 15.7 Å². The van der Waals surface area contributed by atoms with Gasteiger partial charge in [0.15, 0.2) is 9.84 Å². The van der Waals surface area contributed by atoms with Crippen molar-refractivity contribution in [2.45, 2.75) is 32.7 Å². The molecule has 25 heavy (non-hydrogen) atoms. The predicted octanol–water partition coefficient (Wildman–Crippen LogP) is 2.18. The van der Waals surface area contributed by atoms with Gasteiger partial charge in [0.05, 0.1) is 29.7 Å². The number of rotatable bonds is 4. The quantitative estimate of drug-likeness (QED) is 0.900. The number of sulfone groups is 1. The Morgan fingerprint density at radius 3 is 2.80 bits per heavy atom. The van der Waals surface area contributed by atoms with Crippen molar-refractivity contribution in [3.05, 3.63) is 47.0 Å². The van der Waals surface area contributed by atoms with Crippen LogP contribution in [0.15, 0.2) is 24.3 Å². The first-order valence-electron chi connectivity index (χ1n) is 8.05. The van der Waals surface area contributed by atoms with E-state index in [1.165, 1.54) is 18.2 Å². The highest BCUT2D eigenvalue weighted by Gasteiger charge is 2.31. The molecule has 2 heterocycles. The molecule has 1 fully saturated rings. The molecule has 1 aliphatic heterocycles. The zero-order valence-corrected chi connectivity index (χ0v) is 14.9. The second-order valence-electron chi connectivity index (χ2n) is 6.39. The first kappa shape index (κ1) is 17.6. The van der Waals surface area contributed by atoms with Crippen molar-refractivity contribution in [2.24, 2.45) is 0 Å². The maximum absolute atomic E-state index is 13.2. The zero-order chi connectivity index (χ0) is 18.2. The summed E-state index contributed by atoms with van der Waals surface area (Å²) in [5.74, 6) is -0.425. The van der Waals surface area contributed by atoms with Crippen molar-refractivity contribution in [3.63, 3.8) is 0 Å². The second-order valence-corrected chi connectivity index (χ2v) is 8.61. The Labute approximate surface area is 146 Å². The minimum Gasteiger partial charge on any atom is -0.326 e. The maximum Gasteiger partial charge on any atom is 0.228 e. The molecule has 0 bridgehead atoms. The van der Waals surface area contributed by atoms with E-state index in [1.54, 1.807) is 17.7 Å². The van der Waals surface area contributed by atoms with Gasteiger partial charge in [-0.15, -0.1) is 0 Å². The van der Waals surface area contributed by atoms with Gasteiger partial charge in [0.1, 0.15) is 5.82 Å². The highest BCUT2D eigenvalue weighted by Crippen LogP contribution is 2.27. The standard InChI is InChI=1S/C17H20FN3O3S/c1-11-16(9-17(22)19-14-5-3-4-13(18)8-14)12(2)21(20-11)15-6-7-25(23,24)10-15/h3-5,8,15H,6-7,9-10H2,1-2H3,(H,19,22). The minimum atomic E-state index is -3.01. The average molecular weight is 365 g/mol. The van der Waals surface area contributed by atoms with Gasteiger partial charge in [0, 0.05) is 16.9 Å². The molecule has 1 N–H and O–H groups in total. The number of aryl methyl sites for hydroxylation is 1. The molecule has 3 rings (SSSR count). The minimum absolute atomic E-state index is 0.0872. The summed E-state index contributed by atoms with van der Waals surface area (Å²) in [5, 5.41) is 7.11. The molecule has 8 heteroatoms. The van der Waals surface area contributed by atoms with Crippen LogP contribution in [-0.2, 0) is 21.1 Å². The number of benzene rings is 1. The summed E-state index contributed by atoms with van der Waals surface area (Å²) in [6.07, 6.45) is 0.646. The number of carbonyl (C=O) groups excluding carboxylic acids is 1. The molecule has 0 saturated carbocycles. The molecule has 2 aromatic rings. The van der Waals surface area contributed by atoms with Gasteiger partial charge in [-0.05, 0) is 38.5 Å². The van der Waals surface area contributed by atoms with E-state index >= 15 is 0 Å². The number of carbonyl (C=O) groups is 1. The van der Waals surface area contributed by atoms with Crippen LogP contribution in [0.3, 0.4) is 0 Å². The van der Waals surface area contributed by atoms with E-state index in [9.17, 15) is 17.6 Å². The normalized spacial score (nSPS) is 19.1. The number of halogens is 1. The lowest BCUT2D eigenvalue weighted by atomic mass is 10.1. The highest BCUT2D eigenvalue weighted by molar-refractivity contribution is 7.91. The van der Waals surface area contributed by atoms with Crippen molar-refractivity contribution in [1.82, 2.24) is 9.78 Å². The van der Waals surface area contributed by atoms with Gasteiger partial charge < -0.3 is 5.32 Å². The summed E-state index contributed by atoms with van der Waals surface area (Å²) < 4.78 is 38.3. The van der Waals surface area contributed by atoms with Gasteiger partial charge in [0.2, 0.25) is 5.91 Å². The lowest BCUT2D eigenvalue weighted by Gasteiger charge is -2.11. The van der Waals surface area contributed by atoms with Crippen LogP contribution in [0, 0.1) is 19.7 Å². The molecule has 1 saturated heterocycles. The van der Waals surface area contributed by atoms with Crippen LogP contribution in [0.2, 0.25) is 0 Å². The van der Waals surface area contributed by atoms with Crippen molar-refractivity contribution in [1.29, 1.82) is 0 Å². The number of aromatic nitrogens is 2. The topological polar surface area (TPSA) is 81.1 Å². The molecular weight excluding hydrogens is 345 g/mol. The lowest BCUT2D eigenvalue weighted by molar-refractivity contribution is -0.115. The Balaban J connectivity index is 1.76. The van der Waals surface area contributed by atoms with Gasteiger partial charge >= 0.3 is 0 Å². The van der Waals surface area contributed by atoms with Crippen LogP contribution in [0.4, 0.5) is 10.1 Å². The van der Waals surface area contributed by atoms with E-state index in [2.05, 4.69) is 10.4 Å². The summed E-state index contributed by atoms with van der Waals surface area (Å²) in [4.78, 5) is 12.3. The third-order valence-electron chi connectivity index (χ3n) is 4.47. The molecule has 0 aliphatic carbocycles. The van der Waals surface area contributed by atoms with Gasteiger partial charge in [-0.3, -0.25) is 9.48 Å². The van der Waals surface area contributed by atoms with Crippen LogP contribution < -0.4 is 5.32 Å². The second kappa shape index (κ2) is 6.59. The van der Waals surface area contributed by atoms with Crippen molar-refractivity contribution in [2.75, 3.05) is 16.8 Å². The molecule has 0 spiro atoms. The molecule has 6 nitrogen and oxygen atoms in total. The van der Waals surface area contributed by atoms with E-state index in [0.717, 1.165) is 11.3 Å². The molecule has 1 amide bonds. The van der Waals surface area contributed by atoms with Gasteiger partial charge in [-0.2, -0.15) is 5.10 Å². The molecule has 134 valence electrons. The summed E-state index contributed by atoms with van der Waals surface area (Å²) in [5.41, 5.74) is 2.68. The largest absolute Gasteiger partial charge is 0.326 e. The molecule has 1 aromatic carbocycles. The highest BCUT2D eigenvalue weighted by atomic mass is 32.2. The zero-order valence-electron chi connectivity index (χ0n) is 14.1. The SMILES string of the molecule is Cc1nn(C2CCS(=O)(=O)C2)c(C)c1CC(=O)Nc1cccc(F)c1. The molecule has 0 radical (unpaired) electrons. The van der Waals surface area contributed by atoms with E-state index in [4.69, 9.17) is 0 Å². The number of amides is 1.